The molecule has 0 saturated heterocycles. The highest BCUT2D eigenvalue weighted by atomic mass is 35.5. The van der Waals surface area contributed by atoms with Crippen LogP contribution in [0.5, 0.6) is 0 Å². The molecule has 2 amide bonds. The van der Waals surface area contributed by atoms with Crippen molar-refractivity contribution in [3.8, 4) is 0 Å². The normalized spacial score (nSPS) is 11.3. The molecule has 0 aliphatic heterocycles. The minimum atomic E-state index is -3.98. The summed E-state index contributed by atoms with van der Waals surface area (Å²) >= 11 is 6.19. The second-order valence-electron chi connectivity index (χ2n) is 6.42. The fraction of sp³-hybridized carbons (Fsp3) is 0.300. The van der Waals surface area contributed by atoms with E-state index in [9.17, 15) is 18.0 Å². The van der Waals surface area contributed by atoms with Crippen molar-refractivity contribution in [3.63, 3.8) is 0 Å². The first-order valence-electron chi connectivity index (χ1n) is 9.12. The van der Waals surface area contributed by atoms with Crippen molar-refractivity contribution in [2.24, 2.45) is 0 Å². The SMILES string of the molecule is CCCNC(=O)CN(Cc1ccccc1Cl)S(=O)(=O)c1ccc(NC(C)=O)cc1. The van der Waals surface area contributed by atoms with Crippen LogP contribution in [-0.4, -0.2) is 37.6 Å². The van der Waals surface area contributed by atoms with Crippen LogP contribution in [0.1, 0.15) is 25.8 Å². The Morgan fingerprint density at radius 3 is 2.31 bits per heavy atom. The van der Waals surface area contributed by atoms with Crippen molar-refractivity contribution >= 4 is 39.1 Å². The van der Waals surface area contributed by atoms with Gasteiger partial charge in [-0.05, 0) is 42.3 Å². The first kappa shape index (κ1) is 22.9. The molecule has 0 aliphatic carbocycles. The Morgan fingerprint density at radius 2 is 1.72 bits per heavy atom. The number of hydrogen-bond donors (Lipinski definition) is 2. The molecule has 0 spiro atoms. The minimum Gasteiger partial charge on any atom is -0.355 e. The van der Waals surface area contributed by atoms with Gasteiger partial charge < -0.3 is 10.6 Å². The van der Waals surface area contributed by atoms with Crippen molar-refractivity contribution < 1.29 is 18.0 Å². The molecule has 2 aromatic rings. The molecule has 9 heteroatoms. The van der Waals surface area contributed by atoms with E-state index < -0.39 is 15.9 Å². The average Bonchev–Trinajstić information content (AvgIpc) is 2.67. The maximum absolute atomic E-state index is 13.2. The van der Waals surface area contributed by atoms with Crippen molar-refractivity contribution in [3.05, 3.63) is 59.1 Å². The lowest BCUT2D eigenvalue weighted by atomic mass is 10.2. The Kier molecular flexibility index (Phi) is 8.19. The molecular formula is C20H24ClN3O4S. The molecule has 0 saturated carbocycles. The summed E-state index contributed by atoms with van der Waals surface area (Å²) in [5.74, 6) is -0.647. The van der Waals surface area contributed by atoms with E-state index in [4.69, 9.17) is 11.6 Å². The lowest BCUT2D eigenvalue weighted by Gasteiger charge is -2.22. The number of amides is 2. The Morgan fingerprint density at radius 1 is 1.07 bits per heavy atom. The summed E-state index contributed by atoms with van der Waals surface area (Å²) in [6.07, 6.45) is 0.744. The molecule has 7 nitrogen and oxygen atoms in total. The molecule has 0 unspecified atom stereocenters. The maximum atomic E-state index is 13.2. The highest BCUT2D eigenvalue weighted by molar-refractivity contribution is 7.89. The lowest BCUT2D eigenvalue weighted by molar-refractivity contribution is -0.121. The van der Waals surface area contributed by atoms with Gasteiger partial charge in [0.15, 0.2) is 0 Å². The summed E-state index contributed by atoms with van der Waals surface area (Å²) in [4.78, 5) is 23.4. The van der Waals surface area contributed by atoms with E-state index in [2.05, 4.69) is 10.6 Å². The number of nitrogens with one attached hydrogen (secondary N) is 2. The number of rotatable bonds is 9. The zero-order valence-corrected chi connectivity index (χ0v) is 17.9. The Balaban J connectivity index is 2.33. The van der Waals surface area contributed by atoms with E-state index in [-0.39, 0.29) is 23.9 Å². The third kappa shape index (κ3) is 6.56. The number of hydrogen-bond acceptors (Lipinski definition) is 4. The summed E-state index contributed by atoms with van der Waals surface area (Å²) < 4.78 is 27.5. The fourth-order valence-electron chi connectivity index (χ4n) is 2.59. The van der Waals surface area contributed by atoms with Gasteiger partial charge in [-0.1, -0.05) is 36.7 Å². The number of halogens is 1. The van der Waals surface area contributed by atoms with Crippen LogP contribution in [0.3, 0.4) is 0 Å². The van der Waals surface area contributed by atoms with Crippen LogP contribution < -0.4 is 10.6 Å². The Hall–Kier alpha value is -2.42. The number of nitrogens with zero attached hydrogens (tertiary/aromatic N) is 1. The first-order chi connectivity index (χ1) is 13.7. The van der Waals surface area contributed by atoms with Gasteiger partial charge in [-0.25, -0.2) is 8.42 Å². The second kappa shape index (κ2) is 10.4. The topological polar surface area (TPSA) is 95.6 Å². The zero-order chi connectivity index (χ0) is 21.4. The van der Waals surface area contributed by atoms with E-state index in [1.54, 1.807) is 24.3 Å². The van der Waals surface area contributed by atoms with Gasteiger partial charge in [-0.2, -0.15) is 4.31 Å². The van der Waals surface area contributed by atoms with Crippen LogP contribution in [0.2, 0.25) is 5.02 Å². The second-order valence-corrected chi connectivity index (χ2v) is 8.77. The predicted octanol–water partition coefficient (Wildman–Crippen LogP) is 3.02. The van der Waals surface area contributed by atoms with Crippen LogP contribution in [0.4, 0.5) is 5.69 Å². The van der Waals surface area contributed by atoms with Crippen LogP contribution in [0.15, 0.2) is 53.4 Å². The maximum Gasteiger partial charge on any atom is 0.243 e. The van der Waals surface area contributed by atoms with Gasteiger partial charge in [0.05, 0.1) is 11.4 Å². The van der Waals surface area contributed by atoms with Gasteiger partial charge in [-0.15, -0.1) is 0 Å². The average molecular weight is 438 g/mol. The quantitative estimate of drug-likeness (QED) is 0.630. The van der Waals surface area contributed by atoms with Crippen LogP contribution in [-0.2, 0) is 26.2 Å². The molecule has 0 atom stereocenters. The minimum absolute atomic E-state index is 0.0157. The largest absolute Gasteiger partial charge is 0.355 e. The summed E-state index contributed by atoms with van der Waals surface area (Å²) in [7, 11) is -3.98. The van der Waals surface area contributed by atoms with Crippen molar-refractivity contribution in [1.29, 1.82) is 0 Å². The highest BCUT2D eigenvalue weighted by Gasteiger charge is 2.27. The van der Waals surface area contributed by atoms with Gasteiger partial charge in [0, 0.05) is 30.7 Å². The van der Waals surface area contributed by atoms with Gasteiger partial charge in [-0.3, -0.25) is 9.59 Å². The summed E-state index contributed by atoms with van der Waals surface area (Å²) in [5, 5.41) is 5.70. The predicted molar refractivity (Wildman–Crippen MR) is 113 cm³/mol. The zero-order valence-electron chi connectivity index (χ0n) is 16.3. The molecule has 0 aliphatic rings. The van der Waals surface area contributed by atoms with E-state index in [0.717, 1.165) is 10.7 Å². The highest BCUT2D eigenvalue weighted by Crippen LogP contribution is 2.23. The third-order valence-corrected chi connectivity index (χ3v) is 6.18. The smallest absolute Gasteiger partial charge is 0.243 e. The molecule has 156 valence electrons. The molecule has 2 N–H and O–H groups in total. The van der Waals surface area contributed by atoms with Gasteiger partial charge in [0.1, 0.15) is 0 Å². The molecule has 29 heavy (non-hydrogen) atoms. The monoisotopic (exact) mass is 437 g/mol. The van der Waals surface area contributed by atoms with Gasteiger partial charge >= 0.3 is 0 Å². The number of sulfonamides is 1. The summed E-state index contributed by atoms with van der Waals surface area (Å²) in [6, 6.07) is 12.7. The number of anilines is 1. The molecule has 0 fully saturated rings. The first-order valence-corrected chi connectivity index (χ1v) is 10.9. The summed E-state index contributed by atoms with van der Waals surface area (Å²) in [6.45, 7) is 3.36. The molecule has 0 bridgehead atoms. The van der Waals surface area contributed by atoms with E-state index in [1.165, 1.54) is 31.2 Å². The van der Waals surface area contributed by atoms with E-state index in [0.29, 0.717) is 22.8 Å². The van der Waals surface area contributed by atoms with Crippen molar-refractivity contribution in [2.75, 3.05) is 18.4 Å². The molecule has 2 aromatic carbocycles. The number of carbonyl (C=O) groups is 2. The van der Waals surface area contributed by atoms with Crippen LogP contribution in [0.25, 0.3) is 0 Å². The molecule has 0 radical (unpaired) electrons. The van der Waals surface area contributed by atoms with Gasteiger partial charge in [0.25, 0.3) is 0 Å². The molecule has 2 rings (SSSR count). The van der Waals surface area contributed by atoms with E-state index >= 15 is 0 Å². The number of carbonyl (C=O) groups excluding carboxylic acids is 2. The third-order valence-electron chi connectivity index (χ3n) is 4.01. The lowest BCUT2D eigenvalue weighted by Crippen LogP contribution is -2.40. The number of benzene rings is 2. The fourth-order valence-corrected chi connectivity index (χ4v) is 4.16. The summed E-state index contributed by atoms with van der Waals surface area (Å²) in [5.41, 5.74) is 1.07. The van der Waals surface area contributed by atoms with Crippen molar-refractivity contribution in [1.82, 2.24) is 9.62 Å². The Labute approximate surface area is 176 Å². The van der Waals surface area contributed by atoms with Crippen LogP contribution in [0, 0.1) is 0 Å². The molecule has 0 heterocycles. The van der Waals surface area contributed by atoms with Crippen LogP contribution >= 0.6 is 11.6 Å². The van der Waals surface area contributed by atoms with E-state index in [1.807, 2.05) is 6.92 Å². The standard InChI is InChI=1S/C20H24ClN3O4S/c1-3-12-22-20(26)14-24(13-16-6-4-5-7-19(16)21)29(27,28)18-10-8-17(9-11-18)23-15(2)25/h4-11H,3,12-14H2,1-2H3,(H,22,26)(H,23,25). The van der Waals surface area contributed by atoms with Crippen molar-refractivity contribution in [2.45, 2.75) is 31.7 Å². The molecule has 0 aromatic heterocycles. The molecular weight excluding hydrogens is 414 g/mol. The van der Waals surface area contributed by atoms with Gasteiger partial charge in [0.2, 0.25) is 21.8 Å². The Bertz CT molecular complexity index is 962.